The lowest BCUT2D eigenvalue weighted by Crippen LogP contribution is -1.95. The number of nitrogens with two attached hydrogens (primary N) is 1. The Morgan fingerprint density at radius 1 is 1.05 bits per heavy atom. The number of hydrogen-bond acceptors (Lipinski definition) is 5. The molecule has 0 bridgehead atoms. The number of benzene rings is 2. The molecule has 0 aliphatic rings. The zero-order valence-corrected chi connectivity index (χ0v) is 11.9. The maximum Gasteiger partial charge on any atom is 0.0951 e. The Hall–Kier alpha value is -2.66. The Labute approximate surface area is 125 Å². The van der Waals surface area contributed by atoms with Crippen molar-refractivity contribution in [3.05, 3.63) is 54.2 Å². The Kier molecular flexibility index (Phi) is 2.72. The second-order valence-corrected chi connectivity index (χ2v) is 5.65. The van der Waals surface area contributed by atoms with Gasteiger partial charge in [0.1, 0.15) is 0 Å². The van der Waals surface area contributed by atoms with E-state index in [9.17, 15) is 0 Å². The second kappa shape index (κ2) is 4.71. The van der Waals surface area contributed by atoms with E-state index < -0.39 is 0 Å². The van der Waals surface area contributed by atoms with Crippen molar-refractivity contribution in [1.82, 2.24) is 9.97 Å². The van der Waals surface area contributed by atoms with E-state index in [1.165, 1.54) is 0 Å². The van der Waals surface area contributed by atoms with Gasteiger partial charge < -0.3 is 11.1 Å². The summed E-state index contributed by atoms with van der Waals surface area (Å²) in [6.45, 7) is 0. The molecular weight excluding hydrogens is 280 g/mol. The van der Waals surface area contributed by atoms with Crippen LogP contribution in [-0.4, -0.2) is 9.97 Å². The largest absolute Gasteiger partial charge is 0.397 e. The smallest absolute Gasteiger partial charge is 0.0951 e. The van der Waals surface area contributed by atoms with Gasteiger partial charge in [-0.2, -0.15) is 0 Å². The first kappa shape index (κ1) is 12.1. The Bertz CT molecular complexity index is 945. The van der Waals surface area contributed by atoms with E-state index in [-0.39, 0.29) is 0 Å². The van der Waals surface area contributed by atoms with E-state index in [0.717, 1.165) is 32.5 Å². The third kappa shape index (κ3) is 2.08. The van der Waals surface area contributed by atoms with Crippen LogP contribution in [0.25, 0.3) is 21.1 Å². The molecule has 5 heteroatoms. The van der Waals surface area contributed by atoms with E-state index in [1.54, 1.807) is 17.5 Å². The van der Waals surface area contributed by atoms with Gasteiger partial charge in [-0.3, -0.25) is 4.98 Å². The number of pyridine rings is 1. The minimum Gasteiger partial charge on any atom is -0.397 e. The molecule has 0 aliphatic heterocycles. The summed E-state index contributed by atoms with van der Waals surface area (Å²) in [7, 11) is 0. The van der Waals surface area contributed by atoms with E-state index in [0.29, 0.717) is 5.69 Å². The Morgan fingerprint density at radius 2 is 2.00 bits per heavy atom. The first-order valence-corrected chi connectivity index (χ1v) is 7.43. The molecule has 0 fully saturated rings. The highest BCUT2D eigenvalue weighted by molar-refractivity contribution is 7.16. The van der Waals surface area contributed by atoms with Crippen molar-refractivity contribution in [3.8, 4) is 0 Å². The number of aromatic nitrogens is 2. The van der Waals surface area contributed by atoms with Crippen LogP contribution in [-0.2, 0) is 0 Å². The molecule has 3 N–H and O–H groups in total. The van der Waals surface area contributed by atoms with Crippen LogP contribution in [0.1, 0.15) is 0 Å². The minimum absolute atomic E-state index is 0.689. The molecule has 2 aromatic carbocycles. The molecule has 4 nitrogen and oxygen atoms in total. The number of nitrogens with zero attached hydrogens (tertiary/aromatic N) is 2. The number of thiazole rings is 1. The maximum atomic E-state index is 5.98. The molecule has 102 valence electrons. The molecule has 0 saturated heterocycles. The molecule has 0 aliphatic carbocycles. The van der Waals surface area contributed by atoms with Crippen molar-refractivity contribution in [1.29, 1.82) is 0 Å². The normalized spacial score (nSPS) is 11.0. The zero-order valence-electron chi connectivity index (χ0n) is 11.1. The van der Waals surface area contributed by atoms with Gasteiger partial charge in [-0.1, -0.05) is 12.1 Å². The fraction of sp³-hybridized carbons (Fsp3) is 0. The molecule has 0 radical (unpaired) electrons. The third-order valence-electron chi connectivity index (χ3n) is 3.41. The van der Waals surface area contributed by atoms with Crippen molar-refractivity contribution in [2.45, 2.75) is 0 Å². The van der Waals surface area contributed by atoms with Gasteiger partial charge in [0.05, 0.1) is 26.9 Å². The third-order valence-corrected chi connectivity index (χ3v) is 4.20. The van der Waals surface area contributed by atoms with Crippen LogP contribution in [0.15, 0.2) is 54.2 Å². The molecule has 0 spiro atoms. The summed E-state index contributed by atoms with van der Waals surface area (Å²) in [6, 6.07) is 13.9. The van der Waals surface area contributed by atoms with Crippen molar-refractivity contribution in [2.75, 3.05) is 11.1 Å². The van der Waals surface area contributed by atoms with Crippen LogP contribution < -0.4 is 11.1 Å². The lowest BCUT2D eigenvalue weighted by atomic mass is 10.1. The molecule has 0 saturated carbocycles. The maximum absolute atomic E-state index is 5.98. The molecule has 4 aromatic rings. The van der Waals surface area contributed by atoms with Crippen LogP contribution in [0.4, 0.5) is 17.1 Å². The van der Waals surface area contributed by atoms with Gasteiger partial charge in [-0.15, -0.1) is 11.3 Å². The number of nitrogen functional groups attached to an aromatic ring is 1. The number of para-hydroxylation sites is 1. The van der Waals surface area contributed by atoms with Crippen LogP contribution in [0.5, 0.6) is 0 Å². The van der Waals surface area contributed by atoms with Gasteiger partial charge in [0.25, 0.3) is 0 Å². The number of rotatable bonds is 2. The van der Waals surface area contributed by atoms with E-state index >= 15 is 0 Å². The average Bonchev–Trinajstić information content (AvgIpc) is 2.96. The highest BCUT2D eigenvalue weighted by atomic mass is 32.1. The Morgan fingerprint density at radius 3 is 2.95 bits per heavy atom. The van der Waals surface area contributed by atoms with Crippen LogP contribution in [0, 0.1) is 0 Å². The van der Waals surface area contributed by atoms with Crippen LogP contribution >= 0.6 is 11.3 Å². The van der Waals surface area contributed by atoms with Crippen molar-refractivity contribution >= 4 is 49.5 Å². The molecule has 2 heterocycles. The highest BCUT2D eigenvalue weighted by Crippen LogP contribution is 2.29. The summed E-state index contributed by atoms with van der Waals surface area (Å²) in [4.78, 5) is 8.64. The molecule has 4 rings (SSSR count). The molecule has 2 aromatic heterocycles. The van der Waals surface area contributed by atoms with Gasteiger partial charge in [0, 0.05) is 23.0 Å². The minimum atomic E-state index is 0.689. The average molecular weight is 292 g/mol. The first-order valence-electron chi connectivity index (χ1n) is 6.55. The lowest BCUT2D eigenvalue weighted by Gasteiger charge is -2.10. The highest BCUT2D eigenvalue weighted by Gasteiger charge is 2.05. The fourth-order valence-corrected chi connectivity index (χ4v) is 3.11. The SMILES string of the molecule is Nc1cccc2c(Nc3ccc4ncsc4c3)ccnc12. The number of fused-ring (bicyclic) bond motifs is 2. The standard InChI is InChI=1S/C16H12N4S/c17-12-3-1-2-11-13(6-7-18-16(11)12)20-10-4-5-14-15(8-10)21-9-19-14/h1-9H,17H2,(H,18,20). The van der Waals surface area contributed by atoms with E-state index in [4.69, 9.17) is 5.73 Å². The molecule has 0 amide bonds. The zero-order chi connectivity index (χ0) is 14.2. The van der Waals surface area contributed by atoms with Gasteiger partial charge in [0.15, 0.2) is 0 Å². The quantitative estimate of drug-likeness (QED) is 0.544. The van der Waals surface area contributed by atoms with Gasteiger partial charge >= 0.3 is 0 Å². The van der Waals surface area contributed by atoms with Crippen molar-refractivity contribution < 1.29 is 0 Å². The molecule has 0 unspecified atom stereocenters. The molecular formula is C16H12N4S. The number of anilines is 3. The summed E-state index contributed by atoms with van der Waals surface area (Å²) < 4.78 is 1.16. The second-order valence-electron chi connectivity index (χ2n) is 4.76. The Balaban J connectivity index is 1.81. The predicted molar refractivity (Wildman–Crippen MR) is 89.1 cm³/mol. The summed E-state index contributed by atoms with van der Waals surface area (Å²) in [5.74, 6) is 0. The van der Waals surface area contributed by atoms with Gasteiger partial charge in [-0.05, 0) is 30.3 Å². The number of hydrogen-bond donors (Lipinski definition) is 2. The lowest BCUT2D eigenvalue weighted by molar-refractivity contribution is 1.40. The van der Waals surface area contributed by atoms with Crippen LogP contribution in [0.3, 0.4) is 0 Å². The van der Waals surface area contributed by atoms with E-state index in [2.05, 4.69) is 21.4 Å². The fourth-order valence-electron chi connectivity index (χ4n) is 2.40. The molecule has 21 heavy (non-hydrogen) atoms. The monoisotopic (exact) mass is 292 g/mol. The molecule has 0 atom stereocenters. The summed E-state index contributed by atoms with van der Waals surface area (Å²) in [5.41, 5.74) is 12.4. The van der Waals surface area contributed by atoms with Gasteiger partial charge in [-0.25, -0.2) is 4.98 Å². The summed E-state index contributed by atoms with van der Waals surface area (Å²) in [5, 5.41) is 4.46. The van der Waals surface area contributed by atoms with Crippen molar-refractivity contribution in [2.24, 2.45) is 0 Å². The van der Waals surface area contributed by atoms with Crippen LogP contribution in [0.2, 0.25) is 0 Å². The topological polar surface area (TPSA) is 63.8 Å². The first-order chi connectivity index (χ1) is 10.3. The van der Waals surface area contributed by atoms with Crippen molar-refractivity contribution in [3.63, 3.8) is 0 Å². The summed E-state index contributed by atoms with van der Waals surface area (Å²) in [6.07, 6.45) is 1.77. The number of nitrogens with one attached hydrogen (secondary N) is 1. The van der Waals surface area contributed by atoms with Gasteiger partial charge in [0.2, 0.25) is 0 Å². The summed E-state index contributed by atoms with van der Waals surface area (Å²) >= 11 is 1.63. The predicted octanol–water partition coefficient (Wildman–Crippen LogP) is 4.17. The van der Waals surface area contributed by atoms with E-state index in [1.807, 2.05) is 41.9 Å².